The zero-order valence-corrected chi connectivity index (χ0v) is 18.1. The lowest BCUT2D eigenvalue weighted by Crippen LogP contribution is -2.36. The molecule has 1 saturated heterocycles. The second-order valence-electron chi connectivity index (χ2n) is 8.51. The minimum atomic E-state index is -4.75. The molecule has 1 unspecified atom stereocenters. The summed E-state index contributed by atoms with van der Waals surface area (Å²) in [7, 11) is 0. The van der Waals surface area contributed by atoms with E-state index in [4.69, 9.17) is 14.4 Å². The fourth-order valence-corrected chi connectivity index (χ4v) is 3.78. The van der Waals surface area contributed by atoms with Crippen LogP contribution in [0.3, 0.4) is 0 Å². The first kappa shape index (κ1) is 23.2. The topological polar surface area (TPSA) is 92.2 Å². The first-order valence-electron chi connectivity index (χ1n) is 10.1. The Hall–Kier alpha value is -3.94. The number of hydrogen-bond acceptors (Lipinski definition) is 6. The number of amides is 1. The third-order valence-electron chi connectivity index (χ3n) is 5.38. The van der Waals surface area contributed by atoms with Gasteiger partial charge in [0.25, 0.3) is 5.91 Å². The van der Waals surface area contributed by atoms with Crippen molar-refractivity contribution in [3.8, 4) is 23.3 Å². The Kier molecular flexibility index (Phi) is 5.77. The van der Waals surface area contributed by atoms with Gasteiger partial charge in [-0.2, -0.15) is 18.4 Å². The zero-order chi connectivity index (χ0) is 24.7. The summed E-state index contributed by atoms with van der Waals surface area (Å²) in [6, 6.07) is 10.1. The van der Waals surface area contributed by atoms with Gasteiger partial charge in [0.2, 0.25) is 11.8 Å². The molecular weight excluding hydrogens is 456 g/mol. The maximum Gasteiger partial charge on any atom is 0.417 e. The molecule has 0 spiro atoms. The van der Waals surface area contributed by atoms with E-state index in [-0.39, 0.29) is 30.6 Å². The normalized spacial score (nSPS) is 17.6. The highest BCUT2D eigenvalue weighted by Crippen LogP contribution is 2.38. The fraction of sp³-hybridized carbons (Fsp3) is 0.304. The molecule has 1 fully saturated rings. The van der Waals surface area contributed by atoms with E-state index in [1.807, 2.05) is 0 Å². The van der Waals surface area contributed by atoms with Crippen LogP contribution in [0.15, 0.2) is 46.9 Å². The molecule has 1 amide bonds. The lowest BCUT2D eigenvalue weighted by Gasteiger charge is -2.24. The quantitative estimate of drug-likeness (QED) is 0.503. The first-order valence-corrected chi connectivity index (χ1v) is 10.1. The number of carbonyl (C=O) groups is 1. The highest BCUT2D eigenvalue weighted by molar-refractivity contribution is 5.84. The number of hydrogen-bond donors (Lipinski definition) is 0. The van der Waals surface area contributed by atoms with E-state index in [0.29, 0.717) is 11.6 Å². The van der Waals surface area contributed by atoms with Crippen LogP contribution in [0.2, 0.25) is 0 Å². The highest BCUT2D eigenvalue weighted by atomic mass is 19.4. The van der Waals surface area contributed by atoms with Crippen LogP contribution in [-0.2, 0) is 17.5 Å². The van der Waals surface area contributed by atoms with Gasteiger partial charge in [0, 0.05) is 17.5 Å². The summed E-state index contributed by atoms with van der Waals surface area (Å²) in [5, 5.41) is 16.7. The molecule has 0 aliphatic carbocycles. The molecular formula is C23H18F4N4O3. The van der Waals surface area contributed by atoms with Gasteiger partial charge in [0.15, 0.2) is 6.10 Å². The summed E-state index contributed by atoms with van der Waals surface area (Å²) < 4.78 is 64.5. The van der Waals surface area contributed by atoms with Gasteiger partial charge in [-0.15, -0.1) is 10.2 Å². The second-order valence-corrected chi connectivity index (χ2v) is 8.51. The Morgan fingerprint density at radius 2 is 2.00 bits per heavy atom. The van der Waals surface area contributed by atoms with E-state index in [1.165, 1.54) is 35.2 Å². The molecule has 1 aliphatic heterocycles. The zero-order valence-electron chi connectivity index (χ0n) is 18.1. The molecule has 7 nitrogen and oxygen atoms in total. The van der Waals surface area contributed by atoms with Gasteiger partial charge < -0.3 is 14.1 Å². The van der Waals surface area contributed by atoms with Gasteiger partial charge in [-0.1, -0.05) is 19.9 Å². The molecule has 3 aromatic rings. The molecule has 0 saturated carbocycles. The van der Waals surface area contributed by atoms with Crippen LogP contribution in [0.25, 0.3) is 11.5 Å². The summed E-state index contributed by atoms with van der Waals surface area (Å²) in [5.41, 5.74) is -2.05. The lowest BCUT2D eigenvalue weighted by molar-refractivity contribution is -0.138. The Balaban J connectivity index is 1.52. The Morgan fingerprint density at radius 3 is 2.68 bits per heavy atom. The van der Waals surface area contributed by atoms with Crippen molar-refractivity contribution in [3.63, 3.8) is 0 Å². The van der Waals surface area contributed by atoms with E-state index in [2.05, 4.69) is 10.2 Å². The number of halogens is 4. The molecule has 2 aromatic carbocycles. The molecule has 0 N–H and O–H groups in total. The van der Waals surface area contributed by atoms with Gasteiger partial charge >= 0.3 is 6.18 Å². The van der Waals surface area contributed by atoms with E-state index >= 15 is 0 Å². The van der Waals surface area contributed by atoms with Crippen LogP contribution in [0, 0.1) is 22.6 Å². The van der Waals surface area contributed by atoms with Gasteiger partial charge in [0.1, 0.15) is 11.6 Å². The number of nitriles is 1. The molecule has 1 aliphatic rings. The van der Waals surface area contributed by atoms with Gasteiger partial charge in [-0.25, -0.2) is 4.39 Å². The van der Waals surface area contributed by atoms with Gasteiger partial charge in [-0.05, 0) is 36.4 Å². The molecule has 4 rings (SSSR count). The van der Waals surface area contributed by atoms with Crippen LogP contribution in [0.4, 0.5) is 17.6 Å². The van der Waals surface area contributed by atoms with Crippen molar-refractivity contribution in [2.75, 3.05) is 6.54 Å². The number of carbonyl (C=O) groups excluding carboxylic acids is 1. The van der Waals surface area contributed by atoms with Crippen molar-refractivity contribution in [2.45, 2.75) is 32.7 Å². The molecule has 1 atom stereocenters. The van der Waals surface area contributed by atoms with Crippen LogP contribution >= 0.6 is 0 Å². The minimum Gasteiger partial charge on any atom is -0.480 e. The van der Waals surface area contributed by atoms with Gasteiger partial charge in [0.05, 0.1) is 23.7 Å². The van der Waals surface area contributed by atoms with E-state index < -0.39 is 40.5 Å². The van der Waals surface area contributed by atoms with Crippen molar-refractivity contribution in [2.24, 2.45) is 5.41 Å². The first-order chi connectivity index (χ1) is 16.0. The molecule has 176 valence electrons. The van der Waals surface area contributed by atoms with Crippen molar-refractivity contribution in [1.29, 1.82) is 5.26 Å². The lowest BCUT2D eigenvalue weighted by atomic mass is 9.89. The predicted molar refractivity (Wildman–Crippen MR) is 109 cm³/mol. The third kappa shape index (κ3) is 4.57. The molecule has 34 heavy (non-hydrogen) atoms. The van der Waals surface area contributed by atoms with Crippen molar-refractivity contribution >= 4 is 5.91 Å². The summed E-state index contributed by atoms with van der Waals surface area (Å²) in [4.78, 5) is 14.4. The predicted octanol–water partition coefficient (Wildman–Crippen LogP) is 4.58. The smallest absolute Gasteiger partial charge is 0.417 e. The molecule has 0 bridgehead atoms. The van der Waals surface area contributed by atoms with Crippen LogP contribution < -0.4 is 4.74 Å². The number of benzene rings is 2. The Labute approximate surface area is 191 Å². The summed E-state index contributed by atoms with van der Waals surface area (Å²) in [6.07, 6.45) is -5.82. The summed E-state index contributed by atoms with van der Waals surface area (Å²) >= 11 is 0. The SMILES string of the molecule is CC1(C)CN(Cc2nnc(-c3cccc(F)c3)o2)C(=O)C1Oc1ccc(C#N)c(C(F)(F)F)c1. The van der Waals surface area contributed by atoms with Crippen molar-refractivity contribution in [3.05, 3.63) is 65.3 Å². The van der Waals surface area contributed by atoms with Crippen LogP contribution in [0.5, 0.6) is 5.75 Å². The van der Waals surface area contributed by atoms with E-state index in [1.54, 1.807) is 19.9 Å². The maximum absolute atomic E-state index is 13.4. The molecule has 2 heterocycles. The highest BCUT2D eigenvalue weighted by Gasteiger charge is 2.48. The fourth-order valence-electron chi connectivity index (χ4n) is 3.78. The molecule has 11 heteroatoms. The van der Waals surface area contributed by atoms with Crippen molar-refractivity contribution < 1.29 is 31.5 Å². The number of rotatable bonds is 5. The number of nitrogens with zero attached hydrogens (tertiary/aromatic N) is 4. The van der Waals surface area contributed by atoms with E-state index in [0.717, 1.165) is 6.07 Å². The van der Waals surface area contributed by atoms with Crippen LogP contribution in [-0.4, -0.2) is 33.7 Å². The number of alkyl halides is 3. The standard InChI is InChI=1S/C23H18F4N4O3/c1-22(2)12-31(11-18-29-30-20(34-18)13-4-3-5-15(24)8-13)21(32)19(22)33-16-7-6-14(10-28)17(9-16)23(25,26)27/h3-9,19H,11-12H2,1-2H3. The minimum absolute atomic E-state index is 0.0500. The largest absolute Gasteiger partial charge is 0.480 e. The Morgan fingerprint density at radius 1 is 1.24 bits per heavy atom. The summed E-state index contributed by atoms with van der Waals surface area (Å²) in [5.74, 6) is -0.906. The molecule has 1 aromatic heterocycles. The van der Waals surface area contributed by atoms with Gasteiger partial charge in [-0.3, -0.25) is 4.79 Å². The monoisotopic (exact) mass is 474 g/mol. The maximum atomic E-state index is 13.4. The van der Waals surface area contributed by atoms with Crippen LogP contribution in [0.1, 0.15) is 30.9 Å². The van der Waals surface area contributed by atoms with Crippen molar-refractivity contribution in [1.82, 2.24) is 15.1 Å². The third-order valence-corrected chi connectivity index (χ3v) is 5.38. The number of aromatic nitrogens is 2. The van der Waals surface area contributed by atoms with E-state index in [9.17, 15) is 22.4 Å². The molecule has 0 radical (unpaired) electrons. The summed E-state index contributed by atoms with van der Waals surface area (Å²) in [6.45, 7) is 3.66. The average molecular weight is 474 g/mol. The number of likely N-dealkylation sites (tertiary alicyclic amines) is 1. The Bertz CT molecular complexity index is 1280. The number of ether oxygens (including phenoxy) is 1. The second kappa shape index (κ2) is 8.44. The average Bonchev–Trinajstić information content (AvgIpc) is 3.31.